The normalized spacial score (nSPS) is 26.6. The first-order valence-corrected chi connectivity index (χ1v) is 4.61. The number of nitrogens with zero attached hydrogens (tertiary/aromatic N) is 1. The molecule has 5 heteroatoms. The van der Waals surface area contributed by atoms with Gasteiger partial charge in [0.15, 0.2) is 0 Å². The summed E-state index contributed by atoms with van der Waals surface area (Å²) >= 11 is 0. The van der Waals surface area contributed by atoms with Crippen LogP contribution in [0.15, 0.2) is 21.9 Å². The molecule has 2 atom stereocenters. The van der Waals surface area contributed by atoms with Crippen LogP contribution in [0.25, 0.3) is 0 Å². The molecular formula is C9H12N2O3. The third-order valence-electron chi connectivity index (χ3n) is 2.47. The molecule has 1 aliphatic rings. The molecule has 2 rings (SSSR count). The number of H-pyrrole nitrogens is 1. The topological polar surface area (TPSA) is 64.1 Å². The lowest BCUT2D eigenvalue weighted by molar-refractivity contribution is 0.0326. The zero-order chi connectivity index (χ0) is 10.1. The summed E-state index contributed by atoms with van der Waals surface area (Å²) in [6.45, 7) is 2.69. The van der Waals surface area contributed by atoms with Gasteiger partial charge in [-0.05, 0) is 6.42 Å². The molecule has 0 aliphatic carbocycles. The molecule has 1 aromatic rings. The van der Waals surface area contributed by atoms with Crippen molar-refractivity contribution in [2.75, 3.05) is 6.61 Å². The minimum Gasteiger partial charge on any atom is -0.358 e. The van der Waals surface area contributed by atoms with Crippen LogP contribution < -0.4 is 11.2 Å². The van der Waals surface area contributed by atoms with E-state index >= 15 is 0 Å². The lowest BCUT2D eigenvalue weighted by Gasteiger charge is -2.16. The van der Waals surface area contributed by atoms with Gasteiger partial charge in [0.2, 0.25) is 0 Å². The number of hydrogen-bond acceptors (Lipinski definition) is 3. The Kier molecular flexibility index (Phi) is 2.25. The Bertz CT molecular complexity index is 434. The second kappa shape index (κ2) is 3.42. The summed E-state index contributed by atoms with van der Waals surface area (Å²) in [4.78, 5) is 24.4. The first-order chi connectivity index (χ1) is 6.68. The minimum atomic E-state index is -0.406. The van der Waals surface area contributed by atoms with E-state index in [4.69, 9.17) is 4.74 Å². The highest BCUT2D eigenvalue weighted by Gasteiger charge is 2.26. The number of aromatic amines is 1. The molecule has 1 N–H and O–H groups in total. The third-order valence-corrected chi connectivity index (χ3v) is 2.47. The van der Waals surface area contributed by atoms with Crippen LogP contribution in [0.1, 0.15) is 19.6 Å². The summed E-state index contributed by atoms with van der Waals surface area (Å²) in [6, 6.07) is 1.33. The highest BCUT2D eigenvalue weighted by molar-refractivity contribution is 4.86. The number of ether oxygens (including phenoxy) is 1. The average molecular weight is 196 g/mol. The lowest BCUT2D eigenvalue weighted by Crippen LogP contribution is -2.32. The molecule has 14 heavy (non-hydrogen) atoms. The smallest absolute Gasteiger partial charge is 0.330 e. The van der Waals surface area contributed by atoms with Gasteiger partial charge < -0.3 is 4.74 Å². The molecule has 1 aromatic heterocycles. The summed E-state index contributed by atoms with van der Waals surface area (Å²) in [5.41, 5.74) is -0.784. The Labute approximate surface area is 80.3 Å². The Morgan fingerprint density at radius 2 is 2.36 bits per heavy atom. The van der Waals surface area contributed by atoms with Gasteiger partial charge in [0.1, 0.15) is 6.23 Å². The van der Waals surface area contributed by atoms with E-state index in [1.165, 1.54) is 16.8 Å². The monoisotopic (exact) mass is 196 g/mol. The Morgan fingerprint density at radius 1 is 1.57 bits per heavy atom. The van der Waals surface area contributed by atoms with E-state index in [2.05, 4.69) is 4.98 Å². The van der Waals surface area contributed by atoms with Crippen LogP contribution in [-0.2, 0) is 4.74 Å². The number of nitrogens with one attached hydrogen (secondary N) is 1. The van der Waals surface area contributed by atoms with Crippen LogP contribution in [0, 0.1) is 5.92 Å². The fourth-order valence-corrected chi connectivity index (χ4v) is 1.66. The predicted octanol–water partition coefficient (Wildman–Crippen LogP) is 0.0916. The molecule has 2 unspecified atom stereocenters. The van der Waals surface area contributed by atoms with E-state index in [0.717, 1.165) is 6.42 Å². The summed E-state index contributed by atoms with van der Waals surface area (Å²) < 4.78 is 6.84. The molecule has 2 heterocycles. The molecule has 76 valence electrons. The van der Waals surface area contributed by atoms with Gasteiger partial charge in [0, 0.05) is 24.8 Å². The maximum atomic E-state index is 11.4. The SMILES string of the molecule is CC1CCOC1n1ccc(=O)[nH]c1=O. The summed E-state index contributed by atoms with van der Waals surface area (Å²) in [5, 5.41) is 0. The Hall–Kier alpha value is -1.36. The zero-order valence-electron chi connectivity index (χ0n) is 7.90. The van der Waals surface area contributed by atoms with Crippen LogP contribution in [0.5, 0.6) is 0 Å². The summed E-state index contributed by atoms with van der Waals surface area (Å²) in [7, 11) is 0. The third kappa shape index (κ3) is 1.50. The van der Waals surface area contributed by atoms with Crippen molar-refractivity contribution in [1.29, 1.82) is 0 Å². The second-order valence-corrected chi connectivity index (χ2v) is 3.54. The molecule has 1 fully saturated rings. The van der Waals surface area contributed by atoms with Gasteiger partial charge in [-0.2, -0.15) is 0 Å². The van der Waals surface area contributed by atoms with Crippen molar-refractivity contribution in [2.24, 2.45) is 5.92 Å². The van der Waals surface area contributed by atoms with Crippen molar-refractivity contribution < 1.29 is 4.74 Å². The fraction of sp³-hybridized carbons (Fsp3) is 0.556. The van der Waals surface area contributed by atoms with Crippen molar-refractivity contribution >= 4 is 0 Å². The maximum absolute atomic E-state index is 11.4. The van der Waals surface area contributed by atoms with Crippen molar-refractivity contribution in [3.8, 4) is 0 Å². The van der Waals surface area contributed by atoms with Crippen LogP contribution in [0.3, 0.4) is 0 Å². The molecule has 0 bridgehead atoms. The van der Waals surface area contributed by atoms with Crippen molar-refractivity contribution in [2.45, 2.75) is 19.6 Å². The van der Waals surface area contributed by atoms with E-state index in [-0.39, 0.29) is 11.8 Å². The van der Waals surface area contributed by atoms with Gasteiger partial charge in [-0.3, -0.25) is 14.3 Å². The van der Waals surface area contributed by atoms with Crippen molar-refractivity contribution in [3.05, 3.63) is 33.1 Å². The van der Waals surface area contributed by atoms with E-state index in [9.17, 15) is 9.59 Å². The Morgan fingerprint density at radius 3 is 2.93 bits per heavy atom. The van der Waals surface area contributed by atoms with Crippen molar-refractivity contribution in [3.63, 3.8) is 0 Å². The van der Waals surface area contributed by atoms with E-state index in [1.54, 1.807) is 0 Å². The number of rotatable bonds is 1. The second-order valence-electron chi connectivity index (χ2n) is 3.54. The van der Waals surface area contributed by atoms with Gasteiger partial charge in [0.25, 0.3) is 5.56 Å². The standard InChI is InChI=1S/C9H12N2O3/c1-6-3-5-14-8(6)11-4-2-7(12)10-9(11)13/h2,4,6,8H,3,5H2,1H3,(H,10,12,13). The fourth-order valence-electron chi connectivity index (χ4n) is 1.66. The molecule has 0 spiro atoms. The van der Waals surface area contributed by atoms with Gasteiger partial charge >= 0.3 is 5.69 Å². The van der Waals surface area contributed by atoms with Crippen LogP contribution in [0.4, 0.5) is 0 Å². The first kappa shape index (κ1) is 9.21. The van der Waals surface area contributed by atoms with Gasteiger partial charge in [-0.25, -0.2) is 4.79 Å². The first-order valence-electron chi connectivity index (χ1n) is 4.61. The zero-order valence-corrected chi connectivity index (χ0v) is 7.90. The predicted molar refractivity (Wildman–Crippen MR) is 50.1 cm³/mol. The molecule has 1 aliphatic heterocycles. The number of hydrogen-bond donors (Lipinski definition) is 1. The van der Waals surface area contributed by atoms with Crippen LogP contribution in [-0.4, -0.2) is 16.2 Å². The molecular weight excluding hydrogens is 184 g/mol. The maximum Gasteiger partial charge on any atom is 0.330 e. The van der Waals surface area contributed by atoms with E-state index < -0.39 is 5.69 Å². The van der Waals surface area contributed by atoms with E-state index in [0.29, 0.717) is 12.5 Å². The molecule has 0 radical (unpaired) electrons. The van der Waals surface area contributed by atoms with Gasteiger partial charge in [-0.1, -0.05) is 6.92 Å². The minimum absolute atomic E-state index is 0.237. The van der Waals surface area contributed by atoms with Crippen LogP contribution >= 0.6 is 0 Å². The molecule has 0 aromatic carbocycles. The molecule has 0 amide bonds. The van der Waals surface area contributed by atoms with Gasteiger partial charge in [0.05, 0.1) is 0 Å². The van der Waals surface area contributed by atoms with Crippen molar-refractivity contribution in [1.82, 2.24) is 9.55 Å². The molecule has 0 saturated carbocycles. The average Bonchev–Trinajstić information content (AvgIpc) is 2.52. The van der Waals surface area contributed by atoms with Crippen LogP contribution in [0.2, 0.25) is 0 Å². The largest absolute Gasteiger partial charge is 0.358 e. The number of aromatic nitrogens is 2. The summed E-state index contributed by atoms with van der Waals surface area (Å²) in [5.74, 6) is 0.304. The molecule has 5 nitrogen and oxygen atoms in total. The quantitative estimate of drug-likeness (QED) is 0.692. The summed E-state index contributed by atoms with van der Waals surface area (Å²) in [6.07, 6.45) is 2.18. The van der Waals surface area contributed by atoms with E-state index in [1.807, 2.05) is 6.92 Å². The Balaban J connectivity index is 2.41. The molecule has 1 saturated heterocycles. The van der Waals surface area contributed by atoms with Gasteiger partial charge in [-0.15, -0.1) is 0 Å². The highest BCUT2D eigenvalue weighted by atomic mass is 16.5. The highest BCUT2D eigenvalue weighted by Crippen LogP contribution is 2.27. The lowest BCUT2D eigenvalue weighted by atomic mass is 10.1.